The number of thioether (sulfide) groups is 1. The Bertz CT molecular complexity index is 460. The summed E-state index contributed by atoms with van der Waals surface area (Å²) >= 11 is 1.44. The highest BCUT2D eigenvalue weighted by Crippen LogP contribution is 2.35. The topological polar surface area (TPSA) is 83.7 Å². The molecule has 1 rings (SSSR count). The number of carbonyl (C=O) groups excluding carboxylic acids is 1. The smallest absolute Gasteiger partial charge is 0.221 e. The molecule has 0 radical (unpaired) electrons. The molecular formula is C14H24N2O4S. The highest BCUT2D eigenvalue weighted by Gasteiger charge is 2.14. The van der Waals surface area contributed by atoms with Gasteiger partial charge in [-0.1, -0.05) is 6.92 Å². The van der Waals surface area contributed by atoms with Gasteiger partial charge in [0.2, 0.25) is 11.8 Å². The van der Waals surface area contributed by atoms with E-state index in [4.69, 9.17) is 4.74 Å². The van der Waals surface area contributed by atoms with Crippen molar-refractivity contribution < 1.29 is 19.7 Å². The number of amides is 1. The molecule has 7 heteroatoms. The number of ether oxygens (including phenoxy) is 1. The maximum Gasteiger partial charge on any atom is 0.221 e. The van der Waals surface area contributed by atoms with Gasteiger partial charge < -0.3 is 20.3 Å². The molecule has 0 saturated carbocycles. The highest BCUT2D eigenvalue weighted by atomic mass is 32.2. The fourth-order valence-corrected chi connectivity index (χ4v) is 2.51. The van der Waals surface area contributed by atoms with Crippen LogP contribution < -0.4 is 5.32 Å². The van der Waals surface area contributed by atoms with E-state index >= 15 is 0 Å². The van der Waals surface area contributed by atoms with E-state index in [1.165, 1.54) is 22.4 Å². The first-order chi connectivity index (χ1) is 9.95. The Labute approximate surface area is 129 Å². The molecule has 0 aliphatic heterocycles. The van der Waals surface area contributed by atoms with Crippen LogP contribution in [-0.2, 0) is 16.1 Å². The predicted molar refractivity (Wildman–Crippen MR) is 82.9 cm³/mol. The van der Waals surface area contributed by atoms with Gasteiger partial charge in [0.05, 0.1) is 17.6 Å². The summed E-state index contributed by atoms with van der Waals surface area (Å²) in [6.45, 7) is 7.00. The Balaban J connectivity index is 2.39. The van der Waals surface area contributed by atoms with Gasteiger partial charge in [-0.05, 0) is 19.6 Å². The minimum atomic E-state index is -0.139. The molecule has 21 heavy (non-hydrogen) atoms. The molecule has 120 valence electrons. The summed E-state index contributed by atoms with van der Waals surface area (Å²) in [5, 5.41) is 22.5. The zero-order valence-electron chi connectivity index (χ0n) is 12.8. The number of rotatable bonds is 9. The zero-order chi connectivity index (χ0) is 15.8. The molecule has 0 atom stereocenters. The molecule has 0 fully saturated rings. The SMILES string of the molecule is CCSc1cc(O)n(CCC(=O)NCCOC(C)C)c1O. The van der Waals surface area contributed by atoms with E-state index in [-0.39, 0.29) is 36.7 Å². The lowest BCUT2D eigenvalue weighted by Crippen LogP contribution is -2.28. The monoisotopic (exact) mass is 316 g/mol. The van der Waals surface area contributed by atoms with Crippen LogP contribution >= 0.6 is 11.8 Å². The van der Waals surface area contributed by atoms with E-state index in [0.717, 1.165) is 5.75 Å². The van der Waals surface area contributed by atoms with Gasteiger partial charge in [-0.3, -0.25) is 9.36 Å². The van der Waals surface area contributed by atoms with Crippen LogP contribution in [0.3, 0.4) is 0 Å². The maximum absolute atomic E-state index is 11.7. The molecule has 1 aromatic heterocycles. The van der Waals surface area contributed by atoms with Crippen molar-refractivity contribution in [1.82, 2.24) is 9.88 Å². The lowest BCUT2D eigenvalue weighted by Gasteiger charge is -2.10. The van der Waals surface area contributed by atoms with E-state index in [2.05, 4.69) is 5.32 Å². The largest absolute Gasteiger partial charge is 0.494 e. The molecule has 0 saturated heterocycles. The fraction of sp³-hybridized carbons (Fsp3) is 0.643. The molecule has 1 aromatic rings. The zero-order valence-corrected chi connectivity index (χ0v) is 13.6. The van der Waals surface area contributed by atoms with Crippen LogP contribution in [0.5, 0.6) is 11.8 Å². The van der Waals surface area contributed by atoms with Crippen LogP contribution in [-0.4, -0.2) is 45.7 Å². The van der Waals surface area contributed by atoms with E-state index in [1.807, 2.05) is 20.8 Å². The third-order valence-corrected chi connectivity index (χ3v) is 3.65. The first-order valence-electron chi connectivity index (χ1n) is 7.08. The van der Waals surface area contributed by atoms with Gasteiger partial charge in [0.15, 0.2) is 5.88 Å². The summed E-state index contributed by atoms with van der Waals surface area (Å²) in [5.41, 5.74) is 0. The average Bonchev–Trinajstić information content (AvgIpc) is 2.68. The van der Waals surface area contributed by atoms with Crippen molar-refractivity contribution in [2.45, 2.75) is 44.7 Å². The number of aromatic nitrogens is 1. The number of hydrogen-bond donors (Lipinski definition) is 3. The summed E-state index contributed by atoms with van der Waals surface area (Å²) in [7, 11) is 0. The van der Waals surface area contributed by atoms with Crippen molar-refractivity contribution in [3.8, 4) is 11.8 Å². The third-order valence-electron chi connectivity index (χ3n) is 2.75. The van der Waals surface area contributed by atoms with Crippen molar-refractivity contribution >= 4 is 17.7 Å². The molecule has 0 spiro atoms. The van der Waals surface area contributed by atoms with Crippen molar-refractivity contribution in [2.75, 3.05) is 18.9 Å². The van der Waals surface area contributed by atoms with Gasteiger partial charge >= 0.3 is 0 Å². The average molecular weight is 316 g/mol. The van der Waals surface area contributed by atoms with Crippen LogP contribution in [0.25, 0.3) is 0 Å². The summed E-state index contributed by atoms with van der Waals surface area (Å²) in [6, 6.07) is 1.51. The van der Waals surface area contributed by atoms with Gasteiger partial charge in [-0.15, -0.1) is 11.8 Å². The van der Waals surface area contributed by atoms with Crippen LogP contribution in [0.1, 0.15) is 27.2 Å². The first kappa shape index (κ1) is 17.7. The Morgan fingerprint density at radius 3 is 2.81 bits per heavy atom. The lowest BCUT2D eigenvalue weighted by molar-refractivity contribution is -0.121. The molecule has 1 amide bonds. The van der Waals surface area contributed by atoms with Gasteiger partial charge in [-0.2, -0.15) is 0 Å². The minimum absolute atomic E-state index is 0.00953. The second kappa shape index (κ2) is 8.84. The van der Waals surface area contributed by atoms with Crippen molar-refractivity contribution in [2.24, 2.45) is 0 Å². The number of carbonyl (C=O) groups is 1. The van der Waals surface area contributed by atoms with Gasteiger partial charge in [0.1, 0.15) is 0 Å². The maximum atomic E-state index is 11.7. The van der Waals surface area contributed by atoms with Gasteiger partial charge in [-0.25, -0.2) is 0 Å². The van der Waals surface area contributed by atoms with Crippen LogP contribution in [0.4, 0.5) is 0 Å². The number of nitrogens with zero attached hydrogens (tertiary/aromatic N) is 1. The van der Waals surface area contributed by atoms with Crippen LogP contribution in [0.2, 0.25) is 0 Å². The normalized spacial score (nSPS) is 11.0. The lowest BCUT2D eigenvalue weighted by atomic mass is 10.4. The molecule has 0 unspecified atom stereocenters. The molecule has 1 heterocycles. The van der Waals surface area contributed by atoms with Crippen molar-refractivity contribution in [3.63, 3.8) is 0 Å². The quantitative estimate of drug-likeness (QED) is 0.479. The second-order valence-corrected chi connectivity index (χ2v) is 6.10. The number of nitrogens with one attached hydrogen (secondary N) is 1. The van der Waals surface area contributed by atoms with E-state index in [0.29, 0.717) is 18.0 Å². The number of aromatic hydroxyl groups is 2. The Morgan fingerprint density at radius 1 is 1.48 bits per heavy atom. The van der Waals surface area contributed by atoms with Crippen LogP contribution in [0, 0.1) is 0 Å². The third kappa shape index (κ3) is 5.89. The molecule has 3 N–H and O–H groups in total. The standard InChI is InChI=1S/C14H24N2O4S/c1-4-21-11-9-13(18)16(14(11)19)7-5-12(17)15-6-8-20-10(2)3/h9-10,18-19H,4-8H2,1-3H3,(H,15,17). The van der Waals surface area contributed by atoms with E-state index in [9.17, 15) is 15.0 Å². The summed E-state index contributed by atoms with van der Waals surface area (Å²) in [5.74, 6) is 0.641. The Morgan fingerprint density at radius 2 is 2.19 bits per heavy atom. The number of hydrogen-bond acceptors (Lipinski definition) is 5. The molecule has 0 bridgehead atoms. The van der Waals surface area contributed by atoms with E-state index < -0.39 is 0 Å². The Kier molecular flexibility index (Phi) is 7.45. The van der Waals surface area contributed by atoms with E-state index in [1.54, 1.807) is 0 Å². The minimum Gasteiger partial charge on any atom is -0.494 e. The molecule has 0 aromatic carbocycles. The Hall–Kier alpha value is -1.34. The second-order valence-electron chi connectivity index (χ2n) is 4.79. The van der Waals surface area contributed by atoms with Gasteiger partial charge in [0.25, 0.3) is 0 Å². The summed E-state index contributed by atoms with van der Waals surface area (Å²) < 4.78 is 6.66. The van der Waals surface area contributed by atoms with Gasteiger partial charge in [0, 0.05) is 25.6 Å². The molecule has 0 aliphatic carbocycles. The summed E-state index contributed by atoms with van der Waals surface area (Å²) in [6.07, 6.45) is 0.332. The highest BCUT2D eigenvalue weighted by molar-refractivity contribution is 7.99. The van der Waals surface area contributed by atoms with Crippen molar-refractivity contribution in [3.05, 3.63) is 6.07 Å². The molecular weight excluding hydrogens is 292 g/mol. The van der Waals surface area contributed by atoms with Crippen molar-refractivity contribution in [1.29, 1.82) is 0 Å². The molecule has 0 aliphatic rings. The predicted octanol–water partition coefficient (Wildman–Crippen LogP) is 1.94. The molecule has 6 nitrogen and oxygen atoms in total. The summed E-state index contributed by atoms with van der Waals surface area (Å²) in [4.78, 5) is 12.3. The first-order valence-corrected chi connectivity index (χ1v) is 8.06. The van der Waals surface area contributed by atoms with Crippen LogP contribution in [0.15, 0.2) is 11.0 Å². The fourth-order valence-electron chi connectivity index (χ4n) is 1.77.